The Labute approximate surface area is 160 Å². The fourth-order valence-electron chi connectivity index (χ4n) is 2.45. The largest absolute Gasteiger partial charge is 0.325 e. The van der Waals surface area contributed by atoms with E-state index in [4.69, 9.17) is 11.6 Å². The number of hydrogen-bond acceptors (Lipinski definition) is 4. The van der Waals surface area contributed by atoms with Crippen molar-refractivity contribution in [1.29, 1.82) is 0 Å². The molecule has 0 unspecified atom stereocenters. The first-order valence-corrected chi connectivity index (χ1v) is 8.99. The van der Waals surface area contributed by atoms with Gasteiger partial charge in [-0.3, -0.25) is 19.3 Å². The van der Waals surface area contributed by atoms with E-state index in [1.54, 1.807) is 36.4 Å². The maximum Gasteiger partial charge on any atom is 0.294 e. The van der Waals surface area contributed by atoms with Gasteiger partial charge < -0.3 is 5.32 Å². The lowest BCUT2D eigenvalue weighted by atomic mass is 10.2. The van der Waals surface area contributed by atoms with Gasteiger partial charge in [0, 0.05) is 10.7 Å². The van der Waals surface area contributed by atoms with E-state index >= 15 is 0 Å². The predicted octanol–water partition coefficient (Wildman–Crippen LogP) is 4.32. The summed E-state index contributed by atoms with van der Waals surface area (Å²) in [5.74, 6) is -0.915. The molecule has 0 radical (unpaired) electrons. The minimum absolute atomic E-state index is 0.264. The van der Waals surface area contributed by atoms with Gasteiger partial charge in [-0.1, -0.05) is 35.9 Å². The summed E-state index contributed by atoms with van der Waals surface area (Å²) in [4.78, 5) is 37.9. The zero-order chi connectivity index (χ0) is 18.7. The van der Waals surface area contributed by atoms with E-state index in [0.717, 1.165) is 22.2 Å². The number of nitrogens with zero attached hydrogens (tertiary/aromatic N) is 1. The van der Waals surface area contributed by atoms with E-state index in [-0.39, 0.29) is 11.4 Å². The molecule has 132 valence electrons. The Balaban J connectivity index is 1.70. The molecule has 3 amide bonds. The highest BCUT2D eigenvalue weighted by Crippen LogP contribution is 2.32. The lowest BCUT2D eigenvalue weighted by Gasteiger charge is -2.12. The average Bonchev–Trinajstić information content (AvgIpc) is 2.82. The maximum atomic E-state index is 12.5. The summed E-state index contributed by atoms with van der Waals surface area (Å²) in [5, 5.41) is 2.76. The van der Waals surface area contributed by atoms with Crippen LogP contribution in [0.3, 0.4) is 0 Å². The number of amides is 3. The molecule has 0 bridgehead atoms. The summed E-state index contributed by atoms with van der Waals surface area (Å²) in [6.45, 7) is 1.58. The normalized spacial score (nSPS) is 15.6. The molecule has 3 rings (SSSR count). The van der Waals surface area contributed by atoms with Crippen molar-refractivity contribution < 1.29 is 14.4 Å². The molecule has 0 aromatic heterocycles. The van der Waals surface area contributed by atoms with Gasteiger partial charge in [-0.25, -0.2) is 0 Å². The number of nitrogens with one attached hydrogen (secondary N) is 1. The van der Waals surface area contributed by atoms with Crippen molar-refractivity contribution in [3.63, 3.8) is 0 Å². The first-order valence-electron chi connectivity index (χ1n) is 7.80. The van der Waals surface area contributed by atoms with Crippen LogP contribution in [0.15, 0.2) is 53.4 Å². The van der Waals surface area contributed by atoms with Gasteiger partial charge in [0.2, 0.25) is 5.91 Å². The van der Waals surface area contributed by atoms with Gasteiger partial charge in [0.05, 0.1) is 4.91 Å². The van der Waals surface area contributed by atoms with Crippen LogP contribution in [0, 0.1) is 6.92 Å². The SMILES string of the molecule is Cc1cccc(NC(=O)CN2C(=O)S/C(=C/c3cccc(Cl)c3)C2=O)c1. The Bertz CT molecular complexity index is 927. The van der Waals surface area contributed by atoms with Crippen molar-refractivity contribution in [2.24, 2.45) is 0 Å². The van der Waals surface area contributed by atoms with Crippen molar-refractivity contribution in [2.45, 2.75) is 6.92 Å². The van der Waals surface area contributed by atoms with E-state index in [1.165, 1.54) is 0 Å². The van der Waals surface area contributed by atoms with E-state index in [0.29, 0.717) is 16.3 Å². The molecule has 0 saturated carbocycles. The molecule has 1 fully saturated rings. The number of carbonyl (C=O) groups is 3. The lowest BCUT2D eigenvalue weighted by Crippen LogP contribution is -2.36. The maximum absolute atomic E-state index is 12.5. The van der Waals surface area contributed by atoms with E-state index in [9.17, 15) is 14.4 Å². The number of carbonyl (C=O) groups excluding carboxylic acids is 3. The molecular weight excluding hydrogens is 372 g/mol. The Morgan fingerprint density at radius 2 is 1.96 bits per heavy atom. The number of thioether (sulfide) groups is 1. The summed E-state index contributed by atoms with van der Waals surface area (Å²) in [6.07, 6.45) is 1.59. The van der Waals surface area contributed by atoms with Crippen molar-refractivity contribution in [3.8, 4) is 0 Å². The zero-order valence-electron chi connectivity index (χ0n) is 13.9. The third-order valence-corrected chi connectivity index (χ3v) is 4.77. The summed E-state index contributed by atoms with van der Waals surface area (Å²) < 4.78 is 0. The number of imide groups is 1. The van der Waals surface area contributed by atoms with Crippen LogP contribution in [0.5, 0.6) is 0 Å². The van der Waals surface area contributed by atoms with Gasteiger partial charge in [0.25, 0.3) is 11.1 Å². The molecule has 0 aliphatic carbocycles. The summed E-state index contributed by atoms with van der Waals surface area (Å²) in [6, 6.07) is 14.2. The van der Waals surface area contributed by atoms with Gasteiger partial charge in [-0.2, -0.15) is 0 Å². The fourth-order valence-corrected chi connectivity index (χ4v) is 3.49. The molecule has 26 heavy (non-hydrogen) atoms. The topological polar surface area (TPSA) is 66.5 Å². The van der Waals surface area contributed by atoms with E-state index in [2.05, 4.69) is 5.32 Å². The molecule has 0 spiro atoms. The van der Waals surface area contributed by atoms with Crippen LogP contribution in [0.1, 0.15) is 11.1 Å². The van der Waals surface area contributed by atoms with Crippen LogP contribution in [-0.4, -0.2) is 28.5 Å². The third kappa shape index (κ3) is 4.33. The van der Waals surface area contributed by atoms with Crippen LogP contribution in [0.25, 0.3) is 6.08 Å². The number of hydrogen-bond donors (Lipinski definition) is 1. The first-order chi connectivity index (χ1) is 12.4. The number of rotatable bonds is 4. The molecule has 2 aromatic carbocycles. The average molecular weight is 387 g/mol. The Kier molecular flexibility index (Phi) is 5.44. The van der Waals surface area contributed by atoms with Gasteiger partial charge in [-0.05, 0) is 60.2 Å². The van der Waals surface area contributed by atoms with Gasteiger partial charge in [-0.15, -0.1) is 0 Å². The quantitative estimate of drug-likeness (QED) is 0.794. The van der Waals surface area contributed by atoms with Crippen LogP contribution in [0.2, 0.25) is 5.02 Å². The monoisotopic (exact) mass is 386 g/mol. The second-order valence-corrected chi connectivity index (χ2v) is 7.17. The Morgan fingerprint density at radius 3 is 2.69 bits per heavy atom. The minimum Gasteiger partial charge on any atom is -0.325 e. The highest BCUT2D eigenvalue weighted by atomic mass is 35.5. The van der Waals surface area contributed by atoms with E-state index in [1.807, 2.05) is 25.1 Å². The van der Waals surface area contributed by atoms with Crippen molar-refractivity contribution in [2.75, 3.05) is 11.9 Å². The smallest absolute Gasteiger partial charge is 0.294 e. The van der Waals surface area contributed by atoms with Crippen LogP contribution in [-0.2, 0) is 9.59 Å². The Hall–Kier alpha value is -2.57. The first kappa shape index (κ1) is 18.2. The standard InChI is InChI=1S/C19H15ClN2O3S/c1-12-4-2-7-15(8-12)21-17(23)11-22-18(24)16(26-19(22)25)10-13-5-3-6-14(20)9-13/h2-10H,11H2,1H3,(H,21,23)/b16-10+. The molecule has 7 heteroatoms. The number of anilines is 1. The fraction of sp³-hybridized carbons (Fsp3) is 0.105. The zero-order valence-corrected chi connectivity index (χ0v) is 15.4. The summed E-state index contributed by atoms with van der Waals surface area (Å²) in [5.41, 5.74) is 2.34. The van der Waals surface area contributed by atoms with Crippen LogP contribution >= 0.6 is 23.4 Å². The summed E-state index contributed by atoms with van der Waals surface area (Å²) >= 11 is 6.74. The molecule has 1 heterocycles. The molecular formula is C19H15ClN2O3S. The molecule has 2 aromatic rings. The van der Waals surface area contributed by atoms with Crippen LogP contribution in [0.4, 0.5) is 10.5 Å². The second-order valence-electron chi connectivity index (χ2n) is 5.74. The number of benzene rings is 2. The molecule has 0 atom stereocenters. The van der Waals surface area contributed by atoms with Crippen LogP contribution < -0.4 is 5.32 Å². The molecule has 1 aliphatic rings. The van der Waals surface area contributed by atoms with Crippen molar-refractivity contribution in [3.05, 3.63) is 69.6 Å². The summed E-state index contributed by atoms with van der Waals surface area (Å²) in [7, 11) is 0. The molecule has 5 nitrogen and oxygen atoms in total. The van der Waals surface area contributed by atoms with Gasteiger partial charge in [0.1, 0.15) is 6.54 Å². The third-order valence-electron chi connectivity index (χ3n) is 3.62. The number of halogens is 1. The predicted molar refractivity (Wildman–Crippen MR) is 104 cm³/mol. The minimum atomic E-state index is -0.487. The number of aryl methyl sites for hydroxylation is 1. The Morgan fingerprint density at radius 1 is 1.19 bits per heavy atom. The van der Waals surface area contributed by atoms with E-state index < -0.39 is 17.1 Å². The highest BCUT2D eigenvalue weighted by Gasteiger charge is 2.36. The highest BCUT2D eigenvalue weighted by molar-refractivity contribution is 8.18. The van der Waals surface area contributed by atoms with Crippen molar-refractivity contribution >= 4 is 52.2 Å². The van der Waals surface area contributed by atoms with Gasteiger partial charge in [0.15, 0.2) is 0 Å². The van der Waals surface area contributed by atoms with Gasteiger partial charge >= 0.3 is 0 Å². The lowest BCUT2D eigenvalue weighted by molar-refractivity contribution is -0.127. The second kappa shape index (κ2) is 7.76. The van der Waals surface area contributed by atoms with Crippen molar-refractivity contribution in [1.82, 2.24) is 4.90 Å². The molecule has 1 saturated heterocycles. The molecule has 1 N–H and O–H groups in total. The molecule has 1 aliphatic heterocycles.